The number of anilines is 1. The van der Waals surface area contributed by atoms with E-state index < -0.39 is 26.6 Å². The maximum atomic E-state index is 13.5. The summed E-state index contributed by atoms with van der Waals surface area (Å²) in [7, 11) is -4.29. The lowest BCUT2D eigenvalue weighted by Crippen LogP contribution is -2.25. The Morgan fingerprint density at radius 3 is 2.65 bits per heavy atom. The molecule has 4 N–H and O–H groups in total. The summed E-state index contributed by atoms with van der Waals surface area (Å²) in [6.07, 6.45) is 0. The second kappa shape index (κ2) is 5.31. The highest BCUT2D eigenvalue weighted by Crippen LogP contribution is 2.21. The summed E-state index contributed by atoms with van der Waals surface area (Å²) in [5, 5.41) is 1.42. The van der Waals surface area contributed by atoms with Crippen molar-refractivity contribution in [3.05, 3.63) is 44.5 Å². The molecule has 1 heterocycles. The first kappa shape index (κ1) is 14.6. The van der Waals surface area contributed by atoms with Crippen LogP contribution in [0.3, 0.4) is 0 Å². The van der Waals surface area contributed by atoms with Gasteiger partial charge in [-0.1, -0.05) is 11.3 Å². The van der Waals surface area contributed by atoms with Gasteiger partial charge < -0.3 is 10.7 Å². The van der Waals surface area contributed by atoms with E-state index in [4.69, 9.17) is 5.73 Å². The van der Waals surface area contributed by atoms with Gasteiger partial charge in [-0.25, -0.2) is 21.9 Å². The van der Waals surface area contributed by atoms with E-state index in [1.165, 1.54) is 5.38 Å². The fourth-order valence-corrected chi connectivity index (χ4v) is 3.14. The molecule has 2 rings (SSSR count). The lowest BCUT2D eigenvalue weighted by molar-refractivity contribution is 0.483. The summed E-state index contributed by atoms with van der Waals surface area (Å²) in [6.45, 7) is -0.253. The molecule has 0 aliphatic rings. The van der Waals surface area contributed by atoms with E-state index in [0.29, 0.717) is 11.8 Å². The van der Waals surface area contributed by atoms with E-state index in [0.717, 1.165) is 17.4 Å². The number of hydrogen-bond acceptors (Lipinski definition) is 5. The number of thiazole rings is 1. The maximum absolute atomic E-state index is 13.5. The van der Waals surface area contributed by atoms with E-state index in [9.17, 15) is 22.0 Å². The zero-order valence-electron chi connectivity index (χ0n) is 9.81. The van der Waals surface area contributed by atoms with Gasteiger partial charge in [-0.3, -0.25) is 4.79 Å². The average molecular weight is 321 g/mol. The molecule has 0 aliphatic heterocycles. The quantitative estimate of drug-likeness (QED) is 0.724. The number of aromatic amines is 1. The maximum Gasteiger partial charge on any atom is 0.304 e. The Balaban J connectivity index is 2.29. The van der Waals surface area contributed by atoms with Crippen molar-refractivity contribution in [2.24, 2.45) is 0 Å². The van der Waals surface area contributed by atoms with Crippen molar-refractivity contribution >= 4 is 27.0 Å². The summed E-state index contributed by atoms with van der Waals surface area (Å²) in [5.41, 5.74) is 5.39. The minimum atomic E-state index is -4.29. The summed E-state index contributed by atoms with van der Waals surface area (Å²) >= 11 is 0.859. The topological polar surface area (TPSA) is 105 Å². The number of aromatic nitrogens is 1. The van der Waals surface area contributed by atoms with E-state index >= 15 is 0 Å². The molecule has 0 bridgehead atoms. The number of halogens is 2. The molecule has 0 amide bonds. The molecule has 20 heavy (non-hydrogen) atoms. The fourth-order valence-electron chi connectivity index (χ4n) is 1.43. The Morgan fingerprint density at radius 1 is 1.35 bits per heavy atom. The number of hydrogen-bond donors (Lipinski definition) is 3. The van der Waals surface area contributed by atoms with Crippen LogP contribution in [0.25, 0.3) is 0 Å². The van der Waals surface area contributed by atoms with Crippen LogP contribution in [-0.2, 0) is 16.6 Å². The van der Waals surface area contributed by atoms with Crippen molar-refractivity contribution in [3.8, 4) is 0 Å². The van der Waals surface area contributed by atoms with Crippen LogP contribution in [0.2, 0.25) is 0 Å². The zero-order chi connectivity index (χ0) is 14.9. The van der Waals surface area contributed by atoms with Crippen LogP contribution in [0.15, 0.2) is 27.2 Å². The van der Waals surface area contributed by atoms with Crippen molar-refractivity contribution in [3.63, 3.8) is 0 Å². The van der Waals surface area contributed by atoms with Gasteiger partial charge in [-0.2, -0.15) is 0 Å². The van der Waals surface area contributed by atoms with Crippen molar-refractivity contribution in [1.29, 1.82) is 0 Å². The van der Waals surface area contributed by atoms with Gasteiger partial charge in [-0.05, 0) is 12.1 Å². The van der Waals surface area contributed by atoms with E-state index in [-0.39, 0.29) is 17.1 Å². The minimum absolute atomic E-state index is 0.215. The third-order valence-electron chi connectivity index (χ3n) is 2.33. The third kappa shape index (κ3) is 3.03. The van der Waals surface area contributed by atoms with Gasteiger partial charge in [0.05, 0.1) is 6.54 Å². The predicted octanol–water partition coefficient (Wildman–Crippen LogP) is 0.775. The molecule has 0 fully saturated rings. The Kier molecular flexibility index (Phi) is 3.88. The van der Waals surface area contributed by atoms with Crippen molar-refractivity contribution < 1.29 is 17.2 Å². The van der Waals surface area contributed by atoms with Gasteiger partial charge in [0.15, 0.2) is 11.6 Å². The first-order valence-corrected chi connectivity index (χ1v) is 7.57. The highest BCUT2D eigenvalue weighted by molar-refractivity contribution is 7.89. The van der Waals surface area contributed by atoms with E-state index in [1.807, 2.05) is 4.72 Å². The number of sulfonamides is 1. The van der Waals surface area contributed by atoms with E-state index in [1.54, 1.807) is 0 Å². The second-order valence-electron chi connectivity index (χ2n) is 3.81. The number of H-pyrrole nitrogens is 1. The van der Waals surface area contributed by atoms with Crippen LogP contribution in [0.5, 0.6) is 0 Å². The molecule has 1 aromatic heterocycles. The molecular formula is C10H9F2N3O3S2. The molecular weight excluding hydrogens is 312 g/mol. The normalized spacial score (nSPS) is 11.7. The summed E-state index contributed by atoms with van der Waals surface area (Å²) in [6, 6.07) is 1.50. The monoisotopic (exact) mass is 321 g/mol. The second-order valence-corrected chi connectivity index (χ2v) is 6.39. The number of nitrogens with two attached hydrogens (primary N) is 1. The molecule has 1 aromatic carbocycles. The minimum Gasteiger partial charge on any atom is -0.399 e. The molecule has 6 nitrogen and oxygen atoms in total. The molecule has 10 heteroatoms. The van der Waals surface area contributed by atoms with Crippen LogP contribution >= 0.6 is 11.3 Å². The van der Waals surface area contributed by atoms with Crippen LogP contribution in [0.1, 0.15) is 5.69 Å². The lowest BCUT2D eigenvalue weighted by atomic mass is 10.3. The number of rotatable bonds is 4. The molecule has 0 spiro atoms. The van der Waals surface area contributed by atoms with Crippen LogP contribution in [0, 0.1) is 11.6 Å². The third-order valence-corrected chi connectivity index (χ3v) is 4.45. The molecule has 0 radical (unpaired) electrons. The molecule has 0 saturated carbocycles. The molecule has 0 aliphatic carbocycles. The van der Waals surface area contributed by atoms with Gasteiger partial charge in [0.2, 0.25) is 10.0 Å². The first-order valence-electron chi connectivity index (χ1n) is 5.20. The van der Waals surface area contributed by atoms with Gasteiger partial charge in [0.1, 0.15) is 4.90 Å². The molecule has 0 atom stereocenters. The van der Waals surface area contributed by atoms with Crippen LogP contribution in [-0.4, -0.2) is 13.4 Å². The Morgan fingerprint density at radius 2 is 2.05 bits per heavy atom. The van der Waals surface area contributed by atoms with Gasteiger partial charge >= 0.3 is 4.87 Å². The highest BCUT2D eigenvalue weighted by Gasteiger charge is 2.22. The van der Waals surface area contributed by atoms with Gasteiger partial charge in [-0.15, -0.1) is 0 Å². The Labute approximate surface area is 116 Å². The number of nitrogen functional groups attached to an aromatic ring is 1. The lowest BCUT2D eigenvalue weighted by Gasteiger charge is -2.08. The SMILES string of the molecule is Nc1cc(F)c(F)c(S(=O)(=O)NCc2csc(=O)[nH]2)c1. The van der Waals surface area contributed by atoms with Gasteiger partial charge in [0.25, 0.3) is 0 Å². The standard InChI is InChI=1S/C10H9F2N3O3S2/c11-7-1-5(13)2-8(9(7)12)20(17,18)14-3-6-4-19-10(16)15-6/h1-2,4,14H,3,13H2,(H,15,16). The average Bonchev–Trinajstić information content (AvgIpc) is 2.77. The van der Waals surface area contributed by atoms with Gasteiger partial charge in [0, 0.05) is 16.8 Å². The van der Waals surface area contributed by atoms with Crippen LogP contribution < -0.4 is 15.3 Å². The van der Waals surface area contributed by atoms with Crippen molar-refractivity contribution in [2.45, 2.75) is 11.4 Å². The van der Waals surface area contributed by atoms with Crippen LogP contribution in [0.4, 0.5) is 14.5 Å². The zero-order valence-corrected chi connectivity index (χ0v) is 11.4. The number of nitrogens with one attached hydrogen (secondary N) is 2. The Hall–Kier alpha value is -1.78. The first-order chi connectivity index (χ1) is 9.29. The van der Waals surface area contributed by atoms with Crippen molar-refractivity contribution in [1.82, 2.24) is 9.71 Å². The predicted molar refractivity (Wildman–Crippen MR) is 69.7 cm³/mol. The molecule has 2 aromatic rings. The highest BCUT2D eigenvalue weighted by atomic mass is 32.2. The molecule has 0 saturated heterocycles. The van der Waals surface area contributed by atoms with Crippen molar-refractivity contribution in [2.75, 3.05) is 5.73 Å². The summed E-state index contributed by atoms with van der Waals surface area (Å²) in [4.78, 5) is 12.0. The van der Waals surface area contributed by atoms with E-state index in [2.05, 4.69) is 4.98 Å². The fraction of sp³-hybridized carbons (Fsp3) is 0.100. The Bertz CT molecular complexity index is 798. The summed E-state index contributed by atoms with van der Waals surface area (Å²) < 4.78 is 52.4. The molecule has 0 unspecified atom stereocenters. The molecule has 108 valence electrons. The number of benzene rings is 1. The largest absolute Gasteiger partial charge is 0.399 e. The smallest absolute Gasteiger partial charge is 0.304 e. The summed E-state index contributed by atoms with van der Waals surface area (Å²) in [5.74, 6) is -2.86.